The van der Waals surface area contributed by atoms with Crippen molar-refractivity contribution in [2.45, 2.75) is 44.0 Å². The second-order valence-electron chi connectivity index (χ2n) is 8.80. The Morgan fingerprint density at radius 2 is 1.71 bits per heavy atom. The molecule has 34 heavy (non-hydrogen) atoms. The van der Waals surface area contributed by atoms with E-state index < -0.39 is 16.1 Å². The minimum absolute atomic E-state index is 0.124. The summed E-state index contributed by atoms with van der Waals surface area (Å²) >= 11 is 0.813. The Morgan fingerprint density at radius 3 is 2.35 bits per heavy atom. The molecule has 1 amide bonds. The number of rotatable bonds is 7. The normalized spacial score (nSPS) is 15.8. The van der Waals surface area contributed by atoms with E-state index >= 15 is 0 Å². The Kier molecular flexibility index (Phi) is 7.30. The average molecular weight is 500 g/mol. The highest BCUT2D eigenvalue weighted by atomic mass is 32.2. The number of piperidine rings is 1. The van der Waals surface area contributed by atoms with Gasteiger partial charge in [0.2, 0.25) is 9.47 Å². The van der Waals surface area contributed by atoms with Crippen LogP contribution in [-0.2, 0) is 10.0 Å². The number of aryl methyl sites for hydroxylation is 1. The van der Waals surface area contributed by atoms with E-state index in [1.54, 1.807) is 19.1 Å². The number of nitrogens with zero attached hydrogens (tertiary/aromatic N) is 3. The molecule has 4 rings (SSSR count). The number of carbonyl (C=O) groups excluding carboxylic acids is 1. The summed E-state index contributed by atoms with van der Waals surface area (Å²) in [5.41, 5.74) is 3.51. The summed E-state index contributed by atoms with van der Waals surface area (Å²) in [6.45, 7) is 8.09. The minimum atomic E-state index is -3.90. The third-order valence-electron chi connectivity index (χ3n) is 6.04. The first-order valence-electron chi connectivity index (χ1n) is 11.3. The van der Waals surface area contributed by atoms with E-state index in [2.05, 4.69) is 32.1 Å². The van der Waals surface area contributed by atoms with Crippen molar-refractivity contribution in [1.82, 2.24) is 14.9 Å². The fourth-order valence-electron chi connectivity index (χ4n) is 3.83. The first-order valence-corrected chi connectivity index (χ1v) is 13.6. The Labute approximate surface area is 204 Å². The number of anilines is 2. The van der Waals surface area contributed by atoms with E-state index in [1.165, 1.54) is 12.8 Å². The van der Waals surface area contributed by atoms with Crippen LogP contribution in [0.15, 0.2) is 52.9 Å². The number of hydrogen-bond acceptors (Lipinski definition) is 7. The second kappa shape index (κ2) is 10.2. The highest BCUT2D eigenvalue weighted by Crippen LogP contribution is 2.26. The second-order valence-corrected chi connectivity index (χ2v) is 11.7. The lowest BCUT2D eigenvalue weighted by Gasteiger charge is -2.32. The Hall–Kier alpha value is -2.82. The van der Waals surface area contributed by atoms with Crippen molar-refractivity contribution in [3.05, 3.63) is 65.2 Å². The maximum absolute atomic E-state index is 12.8. The smallest absolute Gasteiger partial charge is 0.270 e. The van der Waals surface area contributed by atoms with Crippen LogP contribution < -0.4 is 14.9 Å². The molecule has 0 saturated carbocycles. The predicted molar refractivity (Wildman–Crippen MR) is 135 cm³/mol. The maximum Gasteiger partial charge on any atom is 0.270 e. The average Bonchev–Trinajstić information content (AvgIpc) is 3.29. The summed E-state index contributed by atoms with van der Waals surface area (Å²) in [5.74, 6) is 0.395. The summed E-state index contributed by atoms with van der Waals surface area (Å²) in [5, 5.41) is 10.3. The maximum atomic E-state index is 12.8. The standard InChI is InChI=1S/C24H29N5O3S2/c1-16-4-6-20(7-5-16)22(30)25-23-26-27-24(33-23)34(31,32)28-18(3)19-8-10-21(11-9-19)29-14-12-17(2)13-15-29/h4-11,17-18,28H,12-15H2,1-3H3,(H,25,26,30)/t18-/m1/s1. The lowest BCUT2D eigenvalue weighted by Crippen LogP contribution is -2.32. The van der Waals surface area contributed by atoms with Crippen LogP contribution in [0.2, 0.25) is 0 Å². The molecule has 0 bridgehead atoms. The van der Waals surface area contributed by atoms with E-state index in [0.29, 0.717) is 5.56 Å². The van der Waals surface area contributed by atoms with E-state index in [1.807, 2.05) is 43.3 Å². The van der Waals surface area contributed by atoms with Gasteiger partial charge >= 0.3 is 0 Å². The van der Waals surface area contributed by atoms with Crippen molar-refractivity contribution >= 4 is 38.1 Å². The van der Waals surface area contributed by atoms with Gasteiger partial charge in [0.05, 0.1) is 0 Å². The zero-order valence-corrected chi connectivity index (χ0v) is 21.1. The Morgan fingerprint density at radius 1 is 1.06 bits per heavy atom. The van der Waals surface area contributed by atoms with E-state index in [9.17, 15) is 13.2 Å². The van der Waals surface area contributed by atoms with Crippen molar-refractivity contribution in [3.63, 3.8) is 0 Å². The molecule has 180 valence electrons. The van der Waals surface area contributed by atoms with Crippen molar-refractivity contribution in [2.75, 3.05) is 23.3 Å². The highest BCUT2D eigenvalue weighted by molar-refractivity contribution is 7.91. The molecule has 0 spiro atoms. The first kappa shape index (κ1) is 24.3. The van der Waals surface area contributed by atoms with Gasteiger partial charge in [-0.3, -0.25) is 10.1 Å². The topological polar surface area (TPSA) is 104 Å². The fourth-order valence-corrected chi connectivity index (χ4v) is 5.98. The molecule has 1 aliphatic rings. The highest BCUT2D eigenvalue weighted by Gasteiger charge is 2.24. The Bertz CT molecular complexity index is 1230. The molecular formula is C24H29N5O3S2. The molecule has 2 heterocycles. The van der Waals surface area contributed by atoms with Crippen LogP contribution in [0.1, 0.15) is 54.2 Å². The van der Waals surface area contributed by atoms with Gasteiger partial charge in [-0.2, -0.15) is 0 Å². The van der Waals surface area contributed by atoms with Gasteiger partial charge in [-0.15, -0.1) is 10.2 Å². The lowest BCUT2D eigenvalue weighted by molar-refractivity contribution is 0.102. The van der Waals surface area contributed by atoms with Gasteiger partial charge in [-0.1, -0.05) is 48.1 Å². The predicted octanol–water partition coefficient (Wildman–Crippen LogP) is 4.37. The third kappa shape index (κ3) is 5.81. The summed E-state index contributed by atoms with van der Waals surface area (Å²) in [6, 6.07) is 14.6. The number of carbonyl (C=O) groups is 1. The Balaban J connectivity index is 1.38. The van der Waals surface area contributed by atoms with Crippen LogP contribution in [0.4, 0.5) is 10.8 Å². The van der Waals surface area contributed by atoms with Gasteiger partial charge in [0, 0.05) is 30.4 Å². The minimum Gasteiger partial charge on any atom is -0.372 e. The summed E-state index contributed by atoms with van der Waals surface area (Å²) in [4.78, 5) is 14.7. The molecule has 0 aliphatic carbocycles. The fraction of sp³-hybridized carbons (Fsp3) is 0.375. The van der Waals surface area contributed by atoms with Crippen LogP contribution in [0.3, 0.4) is 0 Å². The van der Waals surface area contributed by atoms with Crippen molar-refractivity contribution in [1.29, 1.82) is 0 Å². The van der Waals surface area contributed by atoms with Gasteiger partial charge in [-0.05, 0) is 62.4 Å². The number of sulfonamides is 1. The van der Waals surface area contributed by atoms with Gasteiger partial charge in [-0.25, -0.2) is 13.1 Å². The van der Waals surface area contributed by atoms with Crippen LogP contribution in [0, 0.1) is 12.8 Å². The molecule has 1 saturated heterocycles. The van der Waals surface area contributed by atoms with E-state index in [0.717, 1.165) is 47.2 Å². The quantitative estimate of drug-likeness (QED) is 0.468. The van der Waals surface area contributed by atoms with Crippen molar-refractivity contribution < 1.29 is 13.2 Å². The molecule has 2 N–H and O–H groups in total. The molecule has 3 aromatic rings. The SMILES string of the molecule is Cc1ccc(C(=O)Nc2nnc(S(=O)(=O)N[C@H](C)c3ccc(N4CCC(C)CC4)cc3)s2)cc1. The molecule has 1 atom stereocenters. The third-order valence-corrected chi connectivity index (χ3v) is 8.79. The van der Waals surface area contributed by atoms with E-state index in [-0.39, 0.29) is 15.4 Å². The van der Waals surface area contributed by atoms with Crippen LogP contribution in [0.5, 0.6) is 0 Å². The number of amides is 1. The molecule has 1 aromatic heterocycles. The van der Waals surface area contributed by atoms with Gasteiger partial charge in [0.1, 0.15) is 0 Å². The molecule has 1 aliphatic heterocycles. The monoisotopic (exact) mass is 499 g/mol. The van der Waals surface area contributed by atoms with Gasteiger partial charge in [0.25, 0.3) is 15.9 Å². The lowest BCUT2D eigenvalue weighted by atomic mass is 9.98. The zero-order chi connectivity index (χ0) is 24.3. The zero-order valence-electron chi connectivity index (χ0n) is 19.5. The first-order chi connectivity index (χ1) is 16.2. The number of hydrogen-bond donors (Lipinski definition) is 2. The summed E-state index contributed by atoms with van der Waals surface area (Å²) in [7, 11) is -3.90. The number of nitrogens with one attached hydrogen (secondary N) is 2. The molecule has 0 unspecified atom stereocenters. The molecular weight excluding hydrogens is 470 g/mol. The summed E-state index contributed by atoms with van der Waals surface area (Å²) in [6.07, 6.45) is 2.38. The molecule has 10 heteroatoms. The molecule has 0 radical (unpaired) electrons. The van der Waals surface area contributed by atoms with Crippen LogP contribution in [-0.4, -0.2) is 37.6 Å². The van der Waals surface area contributed by atoms with Crippen LogP contribution in [0.25, 0.3) is 0 Å². The summed E-state index contributed by atoms with van der Waals surface area (Å²) < 4.78 is 28.1. The largest absolute Gasteiger partial charge is 0.372 e. The number of aromatic nitrogens is 2. The van der Waals surface area contributed by atoms with Crippen LogP contribution >= 0.6 is 11.3 Å². The molecule has 2 aromatic carbocycles. The van der Waals surface area contributed by atoms with Gasteiger partial charge in [0.15, 0.2) is 0 Å². The number of benzene rings is 2. The van der Waals surface area contributed by atoms with E-state index in [4.69, 9.17) is 0 Å². The van der Waals surface area contributed by atoms with Crippen molar-refractivity contribution in [2.24, 2.45) is 5.92 Å². The molecule has 1 fully saturated rings. The van der Waals surface area contributed by atoms with Crippen molar-refractivity contribution in [3.8, 4) is 0 Å². The molecule has 8 nitrogen and oxygen atoms in total. The van der Waals surface area contributed by atoms with Gasteiger partial charge < -0.3 is 4.90 Å².